The summed E-state index contributed by atoms with van der Waals surface area (Å²) in [6.45, 7) is 0.748. The Balaban J connectivity index is 1.63. The van der Waals surface area contributed by atoms with Crippen LogP contribution >= 0.6 is 0 Å². The highest BCUT2D eigenvalue weighted by atomic mass is 15.2. The van der Waals surface area contributed by atoms with Gasteiger partial charge in [-0.1, -0.05) is 12.1 Å². The van der Waals surface area contributed by atoms with Crippen molar-refractivity contribution in [3.8, 4) is 0 Å². The number of nitrogens with one attached hydrogen (secondary N) is 2. The van der Waals surface area contributed by atoms with Crippen LogP contribution in [-0.2, 0) is 6.42 Å². The first-order valence-electron chi connectivity index (χ1n) is 6.43. The molecule has 3 rings (SSSR count). The van der Waals surface area contributed by atoms with Crippen molar-refractivity contribution in [2.24, 2.45) is 0 Å². The Labute approximate surface area is 115 Å². The summed E-state index contributed by atoms with van der Waals surface area (Å²) in [6.07, 6.45) is 3.24. The van der Waals surface area contributed by atoms with Crippen molar-refractivity contribution in [2.45, 2.75) is 12.8 Å². The third-order valence-corrected chi connectivity index (χ3v) is 2.95. The molecule has 4 N–H and O–H groups in total. The summed E-state index contributed by atoms with van der Waals surface area (Å²) in [5.74, 6) is 1.93. The van der Waals surface area contributed by atoms with Crippen molar-refractivity contribution in [1.29, 1.82) is 0 Å². The first-order chi connectivity index (χ1) is 9.83. The molecular formula is C13H15N7. The fourth-order valence-electron chi connectivity index (χ4n) is 1.96. The third-order valence-electron chi connectivity index (χ3n) is 2.95. The van der Waals surface area contributed by atoms with Gasteiger partial charge in [0.1, 0.15) is 12.2 Å². The second-order valence-electron chi connectivity index (χ2n) is 4.41. The molecule has 0 amide bonds. The fourth-order valence-corrected chi connectivity index (χ4v) is 1.96. The zero-order chi connectivity index (χ0) is 13.8. The first-order valence-corrected chi connectivity index (χ1v) is 6.43. The number of nitrogens with zero attached hydrogens (tertiary/aromatic N) is 4. The molecule has 102 valence electrons. The van der Waals surface area contributed by atoms with Crippen LogP contribution in [0, 0.1) is 0 Å². The number of anilines is 2. The Kier molecular flexibility index (Phi) is 3.40. The molecule has 2 heterocycles. The second-order valence-corrected chi connectivity index (χ2v) is 4.41. The molecule has 7 heteroatoms. The molecule has 0 unspecified atom stereocenters. The molecule has 2 aromatic heterocycles. The summed E-state index contributed by atoms with van der Waals surface area (Å²) >= 11 is 0. The summed E-state index contributed by atoms with van der Waals surface area (Å²) in [5, 5.41) is 9.85. The minimum atomic E-state index is 0.420. The van der Waals surface area contributed by atoms with Gasteiger partial charge in [-0.15, -0.1) is 0 Å². The van der Waals surface area contributed by atoms with Crippen LogP contribution in [0.4, 0.5) is 11.6 Å². The summed E-state index contributed by atoms with van der Waals surface area (Å²) in [6, 6.07) is 7.66. The standard InChI is InChI=1S/C13H15N7/c14-12-13(15-7-3-6-11-16-8-17-20-11)19-10-5-2-1-4-9(10)18-12/h1-2,4-5,8H,3,6-7H2,(H2,14,18)(H,15,19)(H,16,17,20). The molecule has 0 aliphatic heterocycles. The van der Waals surface area contributed by atoms with Crippen LogP contribution in [0.5, 0.6) is 0 Å². The molecule has 0 spiro atoms. The second kappa shape index (κ2) is 5.52. The number of hydrogen-bond donors (Lipinski definition) is 3. The predicted molar refractivity (Wildman–Crippen MR) is 77.1 cm³/mol. The van der Waals surface area contributed by atoms with Crippen molar-refractivity contribution >= 4 is 22.7 Å². The highest BCUT2D eigenvalue weighted by Crippen LogP contribution is 2.18. The largest absolute Gasteiger partial charge is 0.381 e. The molecule has 0 fully saturated rings. The molecule has 3 aromatic rings. The number of benzene rings is 1. The van der Waals surface area contributed by atoms with Gasteiger partial charge in [0.15, 0.2) is 11.6 Å². The molecule has 1 aromatic carbocycles. The van der Waals surface area contributed by atoms with Gasteiger partial charge in [-0.25, -0.2) is 15.0 Å². The number of fused-ring (bicyclic) bond motifs is 1. The number of H-pyrrole nitrogens is 1. The molecular weight excluding hydrogens is 254 g/mol. The number of aryl methyl sites for hydroxylation is 1. The van der Waals surface area contributed by atoms with E-state index in [2.05, 4.69) is 30.5 Å². The van der Waals surface area contributed by atoms with Gasteiger partial charge in [-0.05, 0) is 18.6 Å². The summed E-state index contributed by atoms with van der Waals surface area (Å²) in [5.41, 5.74) is 7.53. The van der Waals surface area contributed by atoms with E-state index in [4.69, 9.17) is 5.73 Å². The van der Waals surface area contributed by atoms with Gasteiger partial charge in [0.25, 0.3) is 0 Å². The van der Waals surface area contributed by atoms with Crippen molar-refractivity contribution in [2.75, 3.05) is 17.6 Å². The van der Waals surface area contributed by atoms with E-state index in [1.807, 2.05) is 24.3 Å². The molecule has 0 saturated heterocycles. The van der Waals surface area contributed by atoms with Crippen molar-refractivity contribution in [3.05, 3.63) is 36.4 Å². The van der Waals surface area contributed by atoms with E-state index in [1.54, 1.807) is 0 Å². The molecule has 0 aliphatic carbocycles. The lowest BCUT2D eigenvalue weighted by Gasteiger charge is -2.08. The monoisotopic (exact) mass is 269 g/mol. The number of aromatic amines is 1. The van der Waals surface area contributed by atoms with Gasteiger partial charge in [-0.3, -0.25) is 5.10 Å². The minimum Gasteiger partial charge on any atom is -0.381 e. The van der Waals surface area contributed by atoms with Crippen molar-refractivity contribution < 1.29 is 0 Å². The molecule has 0 radical (unpaired) electrons. The van der Waals surface area contributed by atoms with Crippen LogP contribution in [0.2, 0.25) is 0 Å². The lowest BCUT2D eigenvalue weighted by Crippen LogP contribution is -2.09. The van der Waals surface area contributed by atoms with Crippen LogP contribution in [0.1, 0.15) is 12.2 Å². The van der Waals surface area contributed by atoms with Crippen LogP contribution in [0.3, 0.4) is 0 Å². The zero-order valence-corrected chi connectivity index (χ0v) is 10.9. The maximum atomic E-state index is 5.90. The van der Waals surface area contributed by atoms with E-state index >= 15 is 0 Å². The summed E-state index contributed by atoms with van der Waals surface area (Å²) < 4.78 is 0. The van der Waals surface area contributed by atoms with Crippen LogP contribution in [0.15, 0.2) is 30.6 Å². The van der Waals surface area contributed by atoms with Crippen LogP contribution < -0.4 is 11.1 Å². The Morgan fingerprint density at radius 1 is 1.15 bits per heavy atom. The maximum Gasteiger partial charge on any atom is 0.169 e. The van der Waals surface area contributed by atoms with Crippen molar-refractivity contribution in [1.82, 2.24) is 25.1 Å². The average Bonchev–Trinajstić information content (AvgIpc) is 2.97. The molecule has 0 aliphatic rings. The van der Waals surface area contributed by atoms with Crippen molar-refractivity contribution in [3.63, 3.8) is 0 Å². The normalized spacial score (nSPS) is 10.8. The Morgan fingerprint density at radius 3 is 2.70 bits per heavy atom. The smallest absolute Gasteiger partial charge is 0.169 e. The highest BCUT2D eigenvalue weighted by Gasteiger charge is 2.05. The number of hydrogen-bond acceptors (Lipinski definition) is 6. The molecule has 0 bridgehead atoms. The zero-order valence-electron chi connectivity index (χ0n) is 10.9. The van der Waals surface area contributed by atoms with Gasteiger partial charge >= 0.3 is 0 Å². The van der Waals surface area contributed by atoms with Gasteiger partial charge in [0.2, 0.25) is 0 Å². The first kappa shape index (κ1) is 12.3. The van der Waals surface area contributed by atoms with Crippen LogP contribution in [-0.4, -0.2) is 31.7 Å². The number of aromatic nitrogens is 5. The Bertz CT molecular complexity index is 693. The van der Waals surface area contributed by atoms with Gasteiger partial charge in [-0.2, -0.15) is 5.10 Å². The average molecular weight is 269 g/mol. The van der Waals surface area contributed by atoms with E-state index in [9.17, 15) is 0 Å². The summed E-state index contributed by atoms with van der Waals surface area (Å²) in [4.78, 5) is 12.9. The number of nitrogens with two attached hydrogens (primary N) is 1. The number of nitrogen functional groups attached to an aromatic ring is 1. The van der Waals surface area contributed by atoms with E-state index in [1.165, 1.54) is 6.33 Å². The quantitative estimate of drug-likeness (QED) is 0.604. The SMILES string of the molecule is Nc1nc2ccccc2nc1NCCCc1ncn[nH]1. The molecule has 7 nitrogen and oxygen atoms in total. The Morgan fingerprint density at radius 2 is 1.95 bits per heavy atom. The van der Waals surface area contributed by atoms with E-state index in [-0.39, 0.29) is 0 Å². The highest BCUT2D eigenvalue weighted by molar-refractivity contribution is 5.79. The maximum absolute atomic E-state index is 5.90. The van der Waals surface area contributed by atoms with E-state index < -0.39 is 0 Å². The number of para-hydroxylation sites is 2. The topological polar surface area (TPSA) is 105 Å². The van der Waals surface area contributed by atoms with Gasteiger partial charge < -0.3 is 11.1 Å². The lowest BCUT2D eigenvalue weighted by molar-refractivity contribution is 0.804. The van der Waals surface area contributed by atoms with Gasteiger partial charge in [0.05, 0.1) is 11.0 Å². The predicted octanol–water partition coefficient (Wildman–Crippen LogP) is 1.37. The summed E-state index contributed by atoms with van der Waals surface area (Å²) in [7, 11) is 0. The fraction of sp³-hybridized carbons (Fsp3) is 0.231. The molecule has 20 heavy (non-hydrogen) atoms. The number of rotatable bonds is 5. The van der Waals surface area contributed by atoms with E-state index in [0.29, 0.717) is 11.6 Å². The third kappa shape index (κ3) is 2.66. The van der Waals surface area contributed by atoms with Crippen LogP contribution in [0.25, 0.3) is 11.0 Å². The Hall–Kier alpha value is -2.70. The van der Waals surface area contributed by atoms with Gasteiger partial charge in [0, 0.05) is 13.0 Å². The lowest BCUT2D eigenvalue weighted by atomic mass is 10.3. The molecule has 0 saturated carbocycles. The molecule has 0 atom stereocenters. The minimum absolute atomic E-state index is 0.420. The van der Waals surface area contributed by atoms with E-state index in [0.717, 1.165) is 36.2 Å².